The summed E-state index contributed by atoms with van der Waals surface area (Å²) in [4.78, 5) is 13.5. The summed E-state index contributed by atoms with van der Waals surface area (Å²) in [6.45, 7) is 0. The van der Waals surface area contributed by atoms with Crippen LogP contribution in [0.3, 0.4) is 0 Å². The van der Waals surface area contributed by atoms with Gasteiger partial charge in [0.25, 0.3) is 5.91 Å². The molecule has 3 nitrogen and oxygen atoms in total. The number of nitrogens with zero attached hydrogens (tertiary/aromatic N) is 1. The van der Waals surface area contributed by atoms with E-state index in [0.29, 0.717) is 15.7 Å². The summed E-state index contributed by atoms with van der Waals surface area (Å²) in [5.41, 5.74) is 6.89. The van der Waals surface area contributed by atoms with Gasteiger partial charge in [-0.2, -0.15) is 0 Å². The third kappa shape index (κ3) is 2.76. The molecule has 2 rings (SSSR count). The number of carbonyl (C=O) groups is 1. The van der Waals surface area contributed by atoms with Crippen LogP contribution in [-0.4, -0.2) is 13.0 Å². The molecule has 0 saturated heterocycles. The Morgan fingerprint density at radius 2 is 1.95 bits per heavy atom. The highest BCUT2D eigenvalue weighted by molar-refractivity contribution is 9.10. The fourth-order valence-corrected chi connectivity index (χ4v) is 2.07. The summed E-state index contributed by atoms with van der Waals surface area (Å²) in [6, 6.07) is 11.0. The van der Waals surface area contributed by atoms with Crippen molar-refractivity contribution in [3.63, 3.8) is 0 Å². The van der Waals surface area contributed by atoms with Crippen molar-refractivity contribution in [2.24, 2.45) is 0 Å². The number of benzene rings is 2. The normalized spacial score (nSPS) is 10.3. The zero-order valence-electron chi connectivity index (χ0n) is 10.2. The summed E-state index contributed by atoms with van der Waals surface area (Å²) >= 11 is 3.26. The maximum atomic E-state index is 13.6. The van der Waals surface area contributed by atoms with Crippen molar-refractivity contribution in [1.82, 2.24) is 0 Å². The van der Waals surface area contributed by atoms with Crippen LogP contribution in [0.1, 0.15) is 10.4 Å². The van der Waals surface area contributed by atoms with Crippen LogP contribution in [0, 0.1) is 5.82 Å². The van der Waals surface area contributed by atoms with Gasteiger partial charge in [0.1, 0.15) is 5.82 Å². The highest BCUT2D eigenvalue weighted by Gasteiger charge is 2.16. The van der Waals surface area contributed by atoms with E-state index in [2.05, 4.69) is 15.9 Å². The summed E-state index contributed by atoms with van der Waals surface area (Å²) in [6.07, 6.45) is 0. The van der Waals surface area contributed by atoms with Gasteiger partial charge in [0.05, 0.1) is 5.69 Å². The Morgan fingerprint density at radius 3 is 2.58 bits per heavy atom. The number of halogens is 2. The first kappa shape index (κ1) is 13.5. The molecule has 1 amide bonds. The number of rotatable bonds is 2. The van der Waals surface area contributed by atoms with Gasteiger partial charge in [0.2, 0.25) is 0 Å². The number of amides is 1. The van der Waals surface area contributed by atoms with Crippen molar-refractivity contribution in [2.45, 2.75) is 0 Å². The Morgan fingerprint density at radius 1 is 1.26 bits per heavy atom. The van der Waals surface area contributed by atoms with E-state index in [1.54, 1.807) is 36.4 Å². The van der Waals surface area contributed by atoms with E-state index >= 15 is 0 Å². The average molecular weight is 323 g/mol. The standard InChI is InChI=1S/C14H12BrFN2O/c1-18(13-5-3-2-4-11(13)16)14(19)9-6-7-12(17)10(15)8-9/h2-8H,17H2,1H3. The summed E-state index contributed by atoms with van der Waals surface area (Å²) in [5, 5.41) is 0. The minimum atomic E-state index is -0.437. The molecule has 2 N–H and O–H groups in total. The van der Waals surface area contributed by atoms with Gasteiger partial charge in [-0.15, -0.1) is 0 Å². The fraction of sp³-hybridized carbons (Fsp3) is 0.0714. The predicted octanol–water partition coefficient (Wildman–Crippen LogP) is 3.45. The quantitative estimate of drug-likeness (QED) is 0.861. The molecule has 19 heavy (non-hydrogen) atoms. The third-order valence-electron chi connectivity index (χ3n) is 2.77. The monoisotopic (exact) mass is 322 g/mol. The second-order valence-corrected chi connectivity index (χ2v) is 4.91. The van der Waals surface area contributed by atoms with E-state index in [9.17, 15) is 9.18 Å². The molecule has 0 bridgehead atoms. The van der Waals surface area contributed by atoms with Crippen LogP contribution >= 0.6 is 15.9 Å². The molecular formula is C14H12BrFN2O. The summed E-state index contributed by atoms with van der Waals surface area (Å²) in [7, 11) is 1.53. The third-order valence-corrected chi connectivity index (χ3v) is 3.45. The van der Waals surface area contributed by atoms with E-state index in [0.717, 1.165) is 0 Å². The molecule has 0 spiro atoms. The van der Waals surface area contributed by atoms with Crippen LogP contribution in [0.2, 0.25) is 0 Å². The van der Waals surface area contributed by atoms with Gasteiger partial charge in [-0.3, -0.25) is 4.79 Å². The predicted molar refractivity (Wildman–Crippen MR) is 77.7 cm³/mol. The molecule has 0 saturated carbocycles. The van der Waals surface area contributed by atoms with Crippen LogP contribution in [-0.2, 0) is 0 Å². The summed E-state index contributed by atoms with van der Waals surface area (Å²) in [5.74, 6) is -0.737. The topological polar surface area (TPSA) is 46.3 Å². The van der Waals surface area contributed by atoms with Gasteiger partial charge >= 0.3 is 0 Å². The van der Waals surface area contributed by atoms with Gasteiger partial charge in [-0.1, -0.05) is 12.1 Å². The second kappa shape index (κ2) is 5.40. The molecule has 0 radical (unpaired) electrons. The largest absolute Gasteiger partial charge is 0.398 e. The van der Waals surface area contributed by atoms with Gasteiger partial charge in [0.15, 0.2) is 0 Å². The lowest BCUT2D eigenvalue weighted by Crippen LogP contribution is -2.27. The van der Waals surface area contributed by atoms with E-state index in [-0.39, 0.29) is 11.6 Å². The molecule has 0 aromatic heterocycles. The van der Waals surface area contributed by atoms with Crippen molar-refractivity contribution < 1.29 is 9.18 Å². The number of carbonyl (C=O) groups excluding carboxylic acids is 1. The summed E-state index contributed by atoms with van der Waals surface area (Å²) < 4.78 is 14.3. The molecule has 5 heteroatoms. The Bertz CT molecular complexity index is 631. The van der Waals surface area contributed by atoms with Crippen molar-refractivity contribution >= 4 is 33.2 Å². The van der Waals surface area contributed by atoms with Crippen molar-refractivity contribution in [3.05, 3.63) is 58.3 Å². The maximum absolute atomic E-state index is 13.6. The lowest BCUT2D eigenvalue weighted by molar-refractivity contribution is 0.0992. The molecular weight excluding hydrogens is 311 g/mol. The van der Waals surface area contributed by atoms with E-state index in [1.807, 2.05) is 0 Å². The van der Waals surface area contributed by atoms with E-state index in [1.165, 1.54) is 18.0 Å². The van der Waals surface area contributed by atoms with E-state index in [4.69, 9.17) is 5.73 Å². The van der Waals surface area contributed by atoms with Gasteiger partial charge in [-0.05, 0) is 46.3 Å². The molecule has 0 heterocycles. The van der Waals surface area contributed by atoms with Crippen molar-refractivity contribution in [3.8, 4) is 0 Å². The minimum Gasteiger partial charge on any atom is -0.398 e. The lowest BCUT2D eigenvalue weighted by atomic mass is 10.1. The zero-order valence-corrected chi connectivity index (χ0v) is 11.8. The Balaban J connectivity index is 2.34. The first-order chi connectivity index (χ1) is 9.00. The first-order valence-electron chi connectivity index (χ1n) is 5.58. The smallest absolute Gasteiger partial charge is 0.258 e. The Labute approximate surface area is 119 Å². The molecule has 0 aliphatic rings. The average Bonchev–Trinajstić information content (AvgIpc) is 2.41. The fourth-order valence-electron chi connectivity index (χ4n) is 1.69. The van der Waals surface area contributed by atoms with Crippen LogP contribution in [0.5, 0.6) is 0 Å². The highest BCUT2D eigenvalue weighted by Crippen LogP contribution is 2.23. The van der Waals surface area contributed by atoms with Crippen LogP contribution in [0.4, 0.5) is 15.8 Å². The van der Waals surface area contributed by atoms with Gasteiger partial charge < -0.3 is 10.6 Å². The van der Waals surface area contributed by atoms with Gasteiger partial charge in [0, 0.05) is 22.8 Å². The highest BCUT2D eigenvalue weighted by atomic mass is 79.9. The van der Waals surface area contributed by atoms with Crippen LogP contribution in [0.25, 0.3) is 0 Å². The molecule has 2 aromatic rings. The molecule has 2 aromatic carbocycles. The lowest BCUT2D eigenvalue weighted by Gasteiger charge is -2.18. The Kier molecular flexibility index (Phi) is 3.85. The molecule has 0 fully saturated rings. The van der Waals surface area contributed by atoms with Gasteiger partial charge in [-0.25, -0.2) is 4.39 Å². The number of hydrogen-bond donors (Lipinski definition) is 1. The number of hydrogen-bond acceptors (Lipinski definition) is 2. The molecule has 0 aliphatic carbocycles. The van der Waals surface area contributed by atoms with E-state index < -0.39 is 5.82 Å². The van der Waals surface area contributed by atoms with Crippen molar-refractivity contribution in [2.75, 3.05) is 17.7 Å². The van der Waals surface area contributed by atoms with Crippen molar-refractivity contribution in [1.29, 1.82) is 0 Å². The molecule has 98 valence electrons. The molecule has 0 aliphatic heterocycles. The Hall–Kier alpha value is -1.88. The number of nitrogens with two attached hydrogens (primary N) is 1. The number of anilines is 2. The maximum Gasteiger partial charge on any atom is 0.258 e. The molecule has 0 atom stereocenters. The number of para-hydroxylation sites is 1. The SMILES string of the molecule is CN(C(=O)c1ccc(N)c(Br)c1)c1ccccc1F. The van der Waals surface area contributed by atoms with Crippen LogP contribution in [0.15, 0.2) is 46.9 Å². The molecule has 0 unspecified atom stereocenters. The first-order valence-corrected chi connectivity index (χ1v) is 6.37. The van der Waals surface area contributed by atoms with Crippen LogP contribution < -0.4 is 10.6 Å². The number of nitrogen functional groups attached to an aromatic ring is 1. The minimum absolute atomic E-state index is 0.237. The second-order valence-electron chi connectivity index (χ2n) is 4.05. The zero-order chi connectivity index (χ0) is 14.0.